The Bertz CT molecular complexity index is 295. The maximum atomic E-state index is 13.6. The molecule has 4 nitrogen and oxygen atoms in total. The van der Waals surface area contributed by atoms with Crippen LogP contribution in [0.4, 0.5) is 9.18 Å². The highest BCUT2D eigenvalue weighted by atomic mass is 19.1. The minimum Gasteiger partial charge on any atom is -0.444 e. The van der Waals surface area contributed by atoms with Crippen LogP contribution in [0.1, 0.15) is 40.5 Å². The van der Waals surface area contributed by atoms with E-state index in [-0.39, 0.29) is 0 Å². The number of halogens is 1. The molecule has 1 rings (SSSR count). The fourth-order valence-corrected chi connectivity index (χ4v) is 2.04. The van der Waals surface area contributed by atoms with Crippen LogP contribution in [0.5, 0.6) is 0 Å². The molecule has 17 heavy (non-hydrogen) atoms. The lowest BCUT2D eigenvalue weighted by Crippen LogP contribution is -2.55. The zero-order valence-electron chi connectivity index (χ0n) is 11.3. The summed E-state index contributed by atoms with van der Waals surface area (Å²) in [6.45, 7) is 6.77. The Kier molecular flexibility index (Phi) is 3.72. The number of carbonyl (C=O) groups is 1. The summed E-state index contributed by atoms with van der Waals surface area (Å²) in [6, 6.07) is -0.614. The molecular formula is C12H23FN2O2. The molecule has 0 aromatic carbocycles. The van der Waals surface area contributed by atoms with E-state index in [1.54, 1.807) is 27.8 Å². The van der Waals surface area contributed by atoms with E-state index in [1.165, 1.54) is 11.8 Å². The Morgan fingerprint density at radius 1 is 1.47 bits per heavy atom. The van der Waals surface area contributed by atoms with Gasteiger partial charge in [-0.25, -0.2) is 9.18 Å². The first-order valence-electron chi connectivity index (χ1n) is 5.95. The average molecular weight is 246 g/mol. The van der Waals surface area contributed by atoms with E-state index in [4.69, 9.17) is 10.5 Å². The van der Waals surface area contributed by atoms with Gasteiger partial charge >= 0.3 is 6.09 Å². The van der Waals surface area contributed by atoms with Gasteiger partial charge in [-0.3, -0.25) is 0 Å². The molecule has 0 spiro atoms. The molecule has 0 bridgehead atoms. The van der Waals surface area contributed by atoms with Gasteiger partial charge in [-0.15, -0.1) is 0 Å². The lowest BCUT2D eigenvalue weighted by Gasteiger charge is -2.35. The van der Waals surface area contributed by atoms with Crippen molar-refractivity contribution in [3.63, 3.8) is 0 Å². The lowest BCUT2D eigenvalue weighted by molar-refractivity contribution is 0.00932. The molecule has 0 aromatic rings. The smallest absolute Gasteiger partial charge is 0.410 e. The molecule has 1 aliphatic rings. The summed E-state index contributed by atoms with van der Waals surface area (Å²) in [5, 5.41) is 0. The SMILES string of the molecule is CC(F)C(N(C)C(=O)OC(C)(C)C)C1(N)CC1. The van der Waals surface area contributed by atoms with Crippen molar-refractivity contribution < 1.29 is 13.9 Å². The van der Waals surface area contributed by atoms with E-state index < -0.39 is 29.4 Å². The van der Waals surface area contributed by atoms with Gasteiger partial charge in [0, 0.05) is 12.6 Å². The summed E-state index contributed by atoms with van der Waals surface area (Å²) < 4.78 is 18.8. The van der Waals surface area contributed by atoms with Gasteiger partial charge in [0.1, 0.15) is 11.8 Å². The van der Waals surface area contributed by atoms with Gasteiger partial charge in [-0.1, -0.05) is 0 Å². The average Bonchev–Trinajstić information content (AvgIpc) is 2.80. The third-order valence-electron chi connectivity index (χ3n) is 2.95. The number of nitrogens with zero attached hydrogens (tertiary/aromatic N) is 1. The summed E-state index contributed by atoms with van der Waals surface area (Å²) in [5.41, 5.74) is 4.84. The molecule has 0 aromatic heterocycles. The van der Waals surface area contributed by atoms with Crippen molar-refractivity contribution in [2.45, 2.75) is 63.9 Å². The van der Waals surface area contributed by atoms with E-state index >= 15 is 0 Å². The predicted octanol–water partition coefficient (Wildman–Crippen LogP) is 2.07. The molecule has 0 radical (unpaired) electrons. The highest BCUT2D eigenvalue weighted by Crippen LogP contribution is 2.40. The number of rotatable bonds is 3. The molecule has 1 fully saturated rings. The molecule has 2 unspecified atom stereocenters. The number of alkyl halides is 1. The number of nitrogens with two attached hydrogens (primary N) is 1. The molecule has 5 heteroatoms. The molecule has 1 aliphatic carbocycles. The first kappa shape index (κ1) is 14.2. The van der Waals surface area contributed by atoms with Crippen LogP contribution in [0.15, 0.2) is 0 Å². The number of amides is 1. The number of hydrogen-bond donors (Lipinski definition) is 1. The summed E-state index contributed by atoms with van der Waals surface area (Å²) >= 11 is 0. The summed E-state index contributed by atoms with van der Waals surface area (Å²) in [7, 11) is 1.54. The zero-order chi connectivity index (χ0) is 13.4. The molecular weight excluding hydrogens is 223 g/mol. The minimum absolute atomic E-state index is 0.524. The fourth-order valence-electron chi connectivity index (χ4n) is 2.04. The van der Waals surface area contributed by atoms with Crippen LogP contribution in [0.2, 0.25) is 0 Å². The number of carbonyl (C=O) groups excluding carboxylic acids is 1. The summed E-state index contributed by atoms with van der Waals surface area (Å²) in [4.78, 5) is 13.2. The highest BCUT2D eigenvalue weighted by molar-refractivity contribution is 5.68. The van der Waals surface area contributed by atoms with Gasteiger partial charge in [-0.2, -0.15) is 0 Å². The standard InChI is InChI=1S/C12H23FN2O2/c1-8(13)9(12(14)6-7-12)15(5)10(16)17-11(2,3)4/h8-9H,6-7,14H2,1-5H3. The molecule has 2 N–H and O–H groups in total. The summed E-state index contributed by atoms with van der Waals surface area (Å²) in [5.74, 6) is 0. The highest BCUT2D eigenvalue weighted by Gasteiger charge is 2.51. The molecule has 0 heterocycles. The van der Waals surface area contributed by atoms with Gasteiger partial charge in [0.25, 0.3) is 0 Å². The van der Waals surface area contributed by atoms with Crippen molar-refractivity contribution >= 4 is 6.09 Å². The van der Waals surface area contributed by atoms with Crippen LogP contribution in [0, 0.1) is 0 Å². The van der Waals surface area contributed by atoms with E-state index in [1.807, 2.05) is 0 Å². The fraction of sp³-hybridized carbons (Fsp3) is 0.917. The third-order valence-corrected chi connectivity index (χ3v) is 2.95. The van der Waals surface area contributed by atoms with Crippen molar-refractivity contribution in [3.05, 3.63) is 0 Å². The van der Waals surface area contributed by atoms with Crippen LogP contribution >= 0.6 is 0 Å². The van der Waals surface area contributed by atoms with Crippen LogP contribution in [0.25, 0.3) is 0 Å². The Labute approximate surface area is 102 Å². The van der Waals surface area contributed by atoms with Crippen molar-refractivity contribution in [1.82, 2.24) is 4.90 Å². The maximum Gasteiger partial charge on any atom is 0.410 e. The quantitative estimate of drug-likeness (QED) is 0.829. The number of likely N-dealkylation sites (N-methyl/N-ethyl adjacent to an activating group) is 1. The molecule has 0 saturated heterocycles. The van der Waals surface area contributed by atoms with E-state index in [9.17, 15) is 9.18 Å². The number of ether oxygens (including phenoxy) is 1. The van der Waals surface area contributed by atoms with Gasteiger partial charge in [-0.05, 0) is 40.5 Å². The second-order valence-electron chi connectivity index (χ2n) is 5.95. The van der Waals surface area contributed by atoms with Crippen molar-refractivity contribution in [3.8, 4) is 0 Å². The topological polar surface area (TPSA) is 55.6 Å². The predicted molar refractivity (Wildman–Crippen MR) is 64.5 cm³/mol. The molecule has 100 valence electrons. The van der Waals surface area contributed by atoms with Crippen molar-refractivity contribution in [1.29, 1.82) is 0 Å². The van der Waals surface area contributed by atoms with Crippen molar-refractivity contribution in [2.24, 2.45) is 5.73 Å². The molecule has 0 aliphatic heterocycles. The van der Waals surface area contributed by atoms with Crippen LogP contribution in [0.3, 0.4) is 0 Å². The second kappa shape index (κ2) is 4.44. The Balaban J connectivity index is 2.72. The van der Waals surface area contributed by atoms with Crippen LogP contribution in [-0.4, -0.2) is 41.4 Å². The lowest BCUT2D eigenvalue weighted by atomic mass is 10.0. The van der Waals surface area contributed by atoms with Crippen molar-refractivity contribution in [2.75, 3.05) is 7.05 Å². The van der Waals surface area contributed by atoms with Gasteiger partial charge < -0.3 is 15.4 Å². The maximum absolute atomic E-state index is 13.6. The summed E-state index contributed by atoms with van der Waals surface area (Å²) in [6.07, 6.45) is -0.193. The second-order valence-corrected chi connectivity index (χ2v) is 5.95. The van der Waals surface area contributed by atoms with E-state index in [0.717, 1.165) is 12.8 Å². The van der Waals surface area contributed by atoms with Gasteiger partial charge in [0.15, 0.2) is 0 Å². The van der Waals surface area contributed by atoms with Crippen LogP contribution in [-0.2, 0) is 4.74 Å². The van der Waals surface area contributed by atoms with Gasteiger partial charge in [0.2, 0.25) is 0 Å². The Morgan fingerprint density at radius 2 is 1.94 bits per heavy atom. The largest absolute Gasteiger partial charge is 0.444 e. The van der Waals surface area contributed by atoms with E-state index in [0.29, 0.717) is 0 Å². The monoisotopic (exact) mass is 246 g/mol. The van der Waals surface area contributed by atoms with Gasteiger partial charge in [0.05, 0.1) is 6.04 Å². The Morgan fingerprint density at radius 3 is 2.24 bits per heavy atom. The third kappa shape index (κ3) is 3.56. The molecule has 1 amide bonds. The molecule has 2 atom stereocenters. The number of hydrogen-bond acceptors (Lipinski definition) is 3. The van der Waals surface area contributed by atoms with Crippen LogP contribution < -0.4 is 5.73 Å². The minimum atomic E-state index is -1.17. The van der Waals surface area contributed by atoms with E-state index in [2.05, 4.69) is 0 Å². The first-order valence-corrected chi connectivity index (χ1v) is 5.95. The Hall–Kier alpha value is -0.840. The first-order chi connectivity index (χ1) is 7.57. The normalized spacial score (nSPS) is 21.6. The zero-order valence-corrected chi connectivity index (χ0v) is 11.3. The molecule has 1 saturated carbocycles.